The molecule has 2 N–H and O–H groups in total. The van der Waals surface area contributed by atoms with Crippen molar-refractivity contribution in [2.45, 2.75) is 38.8 Å². The van der Waals surface area contributed by atoms with E-state index in [9.17, 15) is 4.79 Å². The predicted octanol–water partition coefficient (Wildman–Crippen LogP) is 2.68. The van der Waals surface area contributed by atoms with E-state index in [1.165, 1.54) is 5.56 Å². The number of carbonyl (C=O) groups excluding carboxylic acids is 1. The van der Waals surface area contributed by atoms with Crippen LogP contribution in [0.15, 0.2) is 18.2 Å². The molecule has 1 amide bonds. The molecule has 1 fully saturated rings. The van der Waals surface area contributed by atoms with Crippen LogP contribution in [0.1, 0.15) is 24.8 Å². The molecule has 0 saturated heterocycles. The zero-order chi connectivity index (χ0) is 13.4. The summed E-state index contributed by atoms with van der Waals surface area (Å²) in [6.45, 7) is 2.68. The van der Waals surface area contributed by atoms with Crippen LogP contribution >= 0.6 is 12.2 Å². The first-order valence-corrected chi connectivity index (χ1v) is 7.03. The van der Waals surface area contributed by atoms with Crippen molar-refractivity contribution in [2.75, 3.05) is 0 Å². The summed E-state index contributed by atoms with van der Waals surface area (Å²) in [4.78, 5) is 14.9. The average Bonchev–Trinajstić information content (AvgIpc) is 3.10. The van der Waals surface area contributed by atoms with Crippen LogP contribution < -0.4 is 5.32 Å². The molecule has 4 nitrogen and oxygen atoms in total. The monoisotopic (exact) mass is 275 g/mol. The Bertz CT molecular complexity index is 682. The lowest BCUT2D eigenvalue weighted by Gasteiger charge is -2.05. The second kappa shape index (κ2) is 4.81. The molecule has 0 radical (unpaired) electrons. The normalized spacial score (nSPS) is 14.8. The van der Waals surface area contributed by atoms with Gasteiger partial charge in [0.15, 0.2) is 4.77 Å². The van der Waals surface area contributed by atoms with Gasteiger partial charge in [-0.2, -0.15) is 0 Å². The minimum absolute atomic E-state index is 0.117. The van der Waals surface area contributed by atoms with Crippen LogP contribution in [0.25, 0.3) is 11.0 Å². The molecule has 1 heterocycles. The number of benzene rings is 1. The molecule has 1 aliphatic rings. The van der Waals surface area contributed by atoms with Gasteiger partial charge in [0.25, 0.3) is 0 Å². The fraction of sp³-hybridized carbons (Fsp3) is 0.429. The fourth-order valence-electron chi connectivity index (χ4n) is 2.24. The molecule has 1 aromatic carbocycles. The van der Waals surface area contributed by atoms with Gasteiger partial charge in [-0.15, -0.1) is 0 Å². The summed E-state index contributed by atoms with van der Waals surface area (Å²) < 4.78 is 2.68. The molecule has 1 aliphatic carbocycles. The molecule has 3 rings (SSSR count). The van der Waals surface area contributed by atoms with E-state index in [2.05, 4.69) is 35.4 Å². The lowest BCUT2D eigenvalue weighted by atomic mass is 10.2. The molecule has 100 valence electrons. The van der Waals surface area contributed by atoms with Crippen LogP contribution in [0.2, 0.25) is 0 Å². The summed E-state index contributed by atoms with van der Waals surface area (Å²) >= 11 is 5.32. The Kier molecular flexibility index (Phi) is 3.14. The summed E-state index contributed by atoms with van der Waals surface area (Å²) in [5, 5.41) is 3.00. The van der Waals surface area contributed by atoms with Crippen molar-refractivity contribution in [1.82, 2.24) is 14.9 Å². The summed E-state index contributed by atoms with van der Waals surface area (Å²) in [5.74, 6) is 0.117. The van der Waals surface area contributed by atoms with Crippen LogP contribution in [-0.4, -0.2) is 21.5 Å². The van der Waals surface area contributed by atoms with Crippen molar-refractivity contribution >= 4 is 29.2 Å². The van der Waals surface area contributed by atoms with Crippen LogP contribution in [0, 0.1) is 11.7 Å². The summed E-state index contributed by atoms with van der Waals surface area (Å²) in [6, 6.07) is 6.61. The van der Waals surface area contributed by atoms with E-state index >= 15 is 0 Å². The Morgan fingerprint density at radius 1 is 1.53 bits per heavy atom. The number of fused-ring (bicyclic) bond motifs is 1. The number of amides is 1. The van der Waals surface area contributed by atoms with Gasteiger partial charge < -0.3 is 14.9 Å². The molecule has 0 aliphatic heterocycles. The van der Waals surface area contributed by atoms with Crippen LogP contribution in [-0.2, 0) is 11.3 Å². The van der Waals surface area contributed by atoms with E-state index in [4.69, 9.17) is 12.2 Å². The number of H-pyrrole nitrogens is 1. The van der Waals surface area contributed by atoms with Crippen molar-refractivity contribution < 1.29 is 4.79 Å². The van der Waals surface area contributed by atoms with Crippen molar-refractivity contribution in [1.29, 1.82) is 0 Å². The molecule has 2 aromatic rings. The number of nitrogens with one attached hydrogen (secondary N) is 2. The smallest absolute Gasteiger partial charge is 0.222 e. The maximum Gasteiger partial charge on any atom is 0.222 e. The van der Waals surface area contributed by atoms with Gasteiger partial charge in [-0.1, -0.05) is 6.07 Å². The number of nitrogens with zero attached hydrogens (tertiary/aromatic N) is 1. The molecule has 19 heavy (non-hydrogen) atoms. The topological polar surface area (TPSA) is 49.8 Å². The highest BCUT2D eigenvalue weighted by atomic mass is 32.1. The second-order valence-electron chi connectivity index (χ2n) is 5.19. The maximum atomic E-state index is 11.7. The van der Waals surface area contributed by atoms with Crippen molar-refractivity contribution in [3.63, 3.8) is 0 Å². The molecular weight excluding hydrogens is 258 g/mol. The summed E-state index contributed by atoms with van der Waals surface area (Å²) in [7, 11) is 0. The molecule has 5 heteroatoms. The van der Waals surface area contributed by atoms with E-state index in [1.54, 1.807) is 0 Å². The third-order valence-electron chi connectivity index (χ3n) is 3.43. The quantitative estimate of drug-likeness (QED) is 0.843. The highest BCUT2D eigenvalue weighted by molar-refractivity contribution is 7.71. The number of hydrogen-bond acceptors (Lipinski definition) is 2. The van der Waals surface area contributed by atoms with Gasteiger partial charge in [0.05, 0.1) is 11.0 Å². The maximum absolute atomic E-state index is 11.7. The molecule has 0 spiro atoms. The van der Waals surface area contributed by atoms with E-state index in [0.29, 0.717) is 23.8 Å². The van der Waals surface area contributed by atoms with Gasteiger partial charge in [0.1, 0.15) is 0 Å². The van der Waals surface area contributed by atoms with E-state index in [0.717, 1.165) is 23.9 Å². The van der Waals surface area contributed by atoms with Crippen molar-refractivity contribution in [3.05, 3.63) is 28.5 Å². The van der Waals surface area contributed by atoms with Crippen molar-refractivity contribution in [2.24, 2.45) is 0 Å². The predicted molar refractivity (Wildman–Crippen MR) is 77.6 cm³/mol. The SMILES string of the molecule is Cc1ccc2c(c1)[nH]c(=S)n2CCC(=O)NC1CC1. The largest absolute Gasteiger partial charge is 0.353 e. The lowest BCUT2D eigenvalue weighted by molar-refractivity contribution is -0.121. The highest BCUT2D eigenvalue weighted by Crippen LogP contribution is 2.19. The Balaban J connectivity index is 1.78. The van der Waals surface area contributed by atoms with Crippen molar-refractivity contribution in [3.8, 4) is 0 Å². The van der Waals surface area contributed by atoms with E-state index < -0.39 is 0 Å². The molecule has 1 aromatic heterocycles. The van der Waals surface area contributed by atoms with Gasteiger partial charge >= 0.3 is 0 Å². The number of aryl methyl sites for hydroxylation is 2. The van der Waals surface area contributed by atoms with Gasteiger partial charge in [-0.3, -0.25) is 4.79 Å². The molecule has 0 atom stereocenters. The highest BCUT2D eigenvalue weighted by Gasteiger charge is 2.22. The van der Waals surface area contributed by atoms with Crippen LogP contribution in [0.4, 0.5) is 0 Å². The minimum atomic E-state index is 0.117. The first kappa shape index (κ1) is 12.4. The first-order chi connectivity index (χ1) is 9.13. The number of hydrogen-bond donors (Lipinski definition) is 2. The zero-order valence-corrected chi connectivity index (χ0v) is 11.7. The van der Waals surface area contributed by atoms with Gasteiger partial charge in [0.2, 0.25) is 5.91 Å². The molecular formula is C14H17N3OS. The van der Waals surface area contributed by atoms with Gasteiger partial charge in [-0.25, -0.2) is 0 Å². The number of carbonyl (C=O) groups is 1. The third kappa shape index (κ3) is 2.71. The number of imidazole rings is 1. The fourth-order valence-corrected chi connectivity index (χ4v) is 2.54. The van der Waals surface area contributed by atoms with E-state index in [-0.39, 0.29) is 5.91 Å². The Morgan fingerprint density at radius 2 is 2.32 bits per heavy atom. The Morgan fingerprint density at radius 3 is 3.05 bits per heavy atom. The summed E-state index contributed by atoms with van der Waals surface area (Å²) in [5.41, 5.74) is 3.30. The van der Waals surface area contributed by atoms with Gasteiger partial charge in [-0.05, 0) is 49.7 Å². The molecule has 1 saturated carbocycles. The van der Waals surface area contributed by atoms with Crippen LogP contribution in [0.5, 0.6) is 0 Å². The minimum Gasteiger partial charge on any atom is -0.353 e. The molecule has 0 bridgehead atoms. The third-order valence-corrected chi connectivity index (χ3v) is 3.76. The second-order valence-corrected chi connectivity index (χ2v) is 5.58. The standard InChI is InChI=1S/C14H17N3OS/c1-9-2-5-12-11(8-9)16-14(19)17(12)7-6-13(18)15-10-3-4-10/h2,5,8,10H,3-4,6-7H2,1H3,(H,15,18)(H,16,19). The lowest BCUT2D eigenvalue weighted by Crippen LogP contribution is -2.26. The zero-order valence-electron chi connectivity index (χ0n) is 10.9. The van der Waals surface area contributed by atoms with E-state index in [1.807, 2.05) is 4.57 Å². The average molecular weight is 275 g/mol. The number of aromatic amines is 1. The van der Waals surface area contributed by atoms with Gasteiger partial charge in [0, 0.05) is 19.0 Å². The Hall–Kier alpha value is -1.62. The number of aromatic nitrogens is 2. The van der Waals surface area contributed by atoms with Crippen LogP contribution in [0.3, 0.4) is 0 Å². The number of rotatable bonds is 4. The Labute approximate surface area is 116 Å². The molecule has 0 unspecified atom stereocenters. The summed E-state index contributed by atoms with van der Waals surface area (Å²) in [6.07, 6.45) is 2.72. The first-order valence-electron chi connectivity index (χ1n) is 6.62.